The molecule has 4 saturated carbocycles. The fraction of sp³-hybridized carbons (Fsp3) is 0.482. The molecule has 6 heteroatoms. The fourth-order valence-electron chi connectivity index (χ4n) is 21.1. The topological polar surface area (TPSA) is 13.0 Å². The van der Waals surface area contributed by atoms with Gasteiger partial charge in [0.1, 0.15) is 16.5 Å². The van der Waals surface area contributed by atoms with Crippen LogP contribution in [0.3, 0.4) is 0 Å². The second kappa shape index (κ2) is 24.5. The maximum atomic E-state index is 3.13. The SMILES string of the molecule is CC1(C)C2=CC3C(C=C2c2ccc(N(c4ccccc4)c4ccccc4)cc21)CCC3[Si](C)(C)N(C1CCCCC1)C(C)(C)C.CC1CC2C=C3C(=CC2C1[Si](C)(C)N(C1CCCCC1)C(C)(C)C)C(C)(C)c1cc(N(c2ccccc2)c2ccccc2)ccc13. The average Bonchev–Trinajstić information content (AvgIpc) is 1.57. The van der Waals surface area contributed by atoms with Crippen molar-refractivity contribution in [3.8, 4) is 0 Å². The highest BCUT2D eigenvalue weighted by Crippen LogP contribution is 2.63. The zero-order valence-corrected chi connectivity index (χ0v) is 60.5. The zero-order chi connectivity index (χ0) is 64.0. The van der Waals surface area contributed by atoms with Crippen LogP contribution in [0.5, 0.6) is 0 Å². The van der Waals surface area contributed by atoms with Gasteiger partial charge in [-0.1, -0.05) is 215 Å². The molecule has 8 aliphatic rings. The van der Waals surface area contributed by atoms with E-state index in [2.05, 4.69) is 303 Å². The fourth-order valence-corrected chi connectivity index (χ4v) is 32.6. The van der Waals surface area contributed by atoms with Crippen LogP contribution < -0.4 is 9.80 Å². The third-order valence-corrected chi connectivity index (χ3v) is 33.8. The Balaban J connectivity index is 0.000000167. The number of hydrogen-bond acceptors (Lipinski definition) is 4. The maximum absolute atomic E-state index is 3.13. The van der Waals surface area contributed by atoms with Crippen molar-refractivity contribution in [1.29, 1.82) is 0 Å². The van der Waals surface area contributed by atoms with Gasteiger partial charge in [-0.05, 0) is 238 Å². The smallest absolute Gasteiger partial charge is 0.127 e. The molecule has 6 aromatic carbocycles. The van der Waals surface area contributed by atoms with Crippen LogP contribution >= 0.6 is 0 Å². The van der Waals surface area contributed by atoms with Crippen molar-refractivity contribution >= 4 is 61.7 Å². The van der Waals surface area contributed by atoms with Gasteiger partial charge in [0, 0.05) is 68.1 Å². The summed E-state index contributed by atoms with van der Waals surface area (Å²) >= 11 is 0. The first kappa shape index (κ1) is 64.0. The normalized spacial score (nSPS) is 25.2. The lowest BCUT2D eigenvalue weighted by molar-refractivity contribution is 0.138. The lowest BCUT2D eigenvalue weighted by atomic mass is 9.76. The Hall–Kier alpha value is -5.77. The van der Waals surface area contributed by atoms with Crippen LogP contribution in [0.2, 0.25) is 37.3 Å². The van der Waals surface area contributed by atoms with E-state index in [9.17, 15) is 0 Å². The van der Waals surface area contributed by atoms with Gasteiger partial charge in [-0.25, -0.2) is 0 Å². The first-order valence-corrected chi connectivity index (χ1v) is 42.0. The lowest BCUT2D eigenvalue weighted by Gasteiger charge is -2.56. The first-order valence-electron chi connectivity index (χ1n) is 35.9. The summed E-state index contributed by atoms with van der Waals surface area (Å²) in [5.41, 5.74) is 21.2. The van der Waals surface area contributed by atoms with E-state index in [1.165, 1.54) is 151 Å². The van der Waals surface area contributed by atoms with Gasteiger partial charge in [0.25, 0.3) is 0 Å². The molecule has 7 unspecified atom stereocenters. The van der Waals surface area contributed by atoms with E-state index in [0.29, 0.717) is 23.7 Å². The van der Waals surface area contributed by atoms with Crippen molar-refractivity contribution in [2.24, 2.45) is 29.6 Å². The van der Waals surface area contributed by atoms with E-state index < -0.39 is 16.5 Å². The monoisotopic (exact) mass is 1240 g/mol. The number of rotatable bonds is 12. The molecule has 0 heterocycles. The van der Waals surface area contributed by atoms with Crippen molar-refractivity contribution < 1.29 is 0 Å². The van der Waals surface area contributed by atoms with Crippen LogP contribution in [-0.2, 0) is 10.8 Å². The zero-order valence-electron chi connectivity index (χ0n) is 58.5. The number of allylic oxidation sites excluding steroid dienone is 8. The van der Waals surface area contributed by atoms with Crippen molar-refractivity contribution in [3.63, 3.8) is 0 Å². The van der Waals surface area contributed by atoms with Crippen molar-refractivity contribution in [2.45, 2.75) is 231 Å². The first-order chi connectivity index (χ1) is 43.4. The van der Waals surface area contributed by atoms with E-state index in [-0.39, 0.29) is 21.9 Å². The van der Waals surface area contributed by atoms with Gasteiger partial charge in [-0.15, -0.1) is 0 Å². The molecule has 478 valence electrons. The van der Waals surface area contributed by atoms with Gasteiger partial charge < -0.3 is 18.9 Å². The largest absolute Gasteiger partial charge is 0.316 e. The molecule has 4 fully saturated rings. The second-order valence-electron chi connectivity index (χ2n) is 33.4. The van der Waals surface area contributed by atoms with Crippen LogP contribution in [0.25, 0.3) is 11.1 Å². The van der Waals surface area contributed by atoms with Gasteiger partial charge in [-0.3, -0.25) is 0 Å². The van der Waals surface area contributed by atoms with Crippen LogP contribution in [0.1, 0.15) is 182 Å². The summed E-state index contributed by atoms with van der Waals surface area (Å²) in [7, 11) is -3.56. The minimum Gasteiger partial charge on any atom is -0.316 e. The molecule has 0 saturated heterocycles. The Kier molecular flexibility index (Phi) is 17.2. The van der Waals surface area contributed by atoms with E-state index in [1.54, 1.807) is 11.1 Å². The van der Waals surface area contributed by atoms with Crippen molar-refractivity contribution in [1.82, 2.24) is 9.13 Å². The van der Waals surface area contributed by atoms with Crippen LogP contribution in [0.15, 0.2) is 193 Å². The summed E-state index contributed by atoms with van der Waals surface area (Å²) in [5, 5.41) is 0. The maximum Gasteiger partial charge on any atom is 0.127 e. The number of fused-ring (bicyclic) bond motifs is 8. The number of hydrogen-bond donors (Lipinski definition) is 0. The van der Waals surface area contributed by atoms with Gasteiger partial charge >= 0.3 is 0 Å². The number of nitrogens with zero attached hydrogens (tertiary/aromatic N) is 4. The van der Waals surface area contributed by atoms with Gasteiger partial charge in [-0.2, -0.15) is 0 Å². The van der Waals surface area contributed by atoms with E-state index >= 15 is 0 Å². The highest BCUT2D eigenvalue weighted by Gasteiger charge is 2.57. The third-order valence-electron chi connectivity index (χ3n) is 24.1. The highest BCUT2D eigenvalue weighted by molar-refractivity contribution is 6.77. The Morgan fingerprint density at radius 1 is 0.396 bits per heavy atom. The number of benzene rings is 6. The summed E-state index contributed by atoms with van der Waals surface area (Å²) in [6.07, 6.45) is 29.2. The molecule has 0 aliphatic heterocycles. The summed E-state index contributed by atoms with van der Waals surface area (Å²) in [6.45, 7) is 38.5. The molecule has 6 aromatic rings. The van der Waals surface area contributed by atoms with Crippen LogP contribution in [0.4, 0.5) is 34.1 Å². The molecule has 7 atom stereocenters. The van der Waals surface area contributed by atoms with Crippen molar-refractivity contribution in [2.75, 3.05) is 9.80 Å². The van der Waals surface area contributed by atoms with Gasteiger partial charge in [0.05, 0.1) is 0 Å². The molecule has 0 aromatic heterocycles. The Morgan fingerprint density at radius 3 is 1.16 bits per heavy atom. The number of para-hydroxylation sites is 4. The summed E-state index contributed by atoms with van der Waals surface area (Å²) in [6, 6.07) is 59.4. The van der Waals surface area contributed by atoms with Crippen LogP contribution in [-0.4, -0.2) is 48.8 Å². The lowest BCUT2D eigenvalue weighted by Crippen LogP contribution is -2.65. The summed E-state index contributed by atoms with van der Waals surface area (Å²) in [4.78, 5) is 4.82. The minimum absolute atomic E-state index is 0.0207. The molecule has 0 bridgehead atoms. The van der Waals surface area contributed by atoms with Crippen LogP contribution in [0, 0.1) is 29.6 Å². The molecule has 0 amide bonds. The molecule has 91 heavy (non-hydrogen) atoms. The average molecular weight is 1240 g/mol. The Morgan fingerprint density at radius 2 is 0.769 bits per heavy atom. The minimum atomic E-state index is -1.81. The molecule has 4 nitrogen and oxygen atoms in total. The van der Waals surface area contributed by atoms with E-state index in [0.717, 1.165) is 29.1 Å². The summed E-state index contributed by atoms with van der Waals surface area (Å²) in [5.74, 6) is 3.37. The molecule has 0 spiro atoms. The predicted molar refractivity (Wildman–Crippen MR) is 397 cm³/mol. The molecule has 14 rings (SSSR count). The van der Waals surface area contributed by atoms with Gasteiger partial charge in [0.2, 0.25) is 0 Å². The predicted octanol–water partition coefficient (Wildman–Crippen LogP) is 23.9. The Labute approximate surface area is 553 Å². The summed E-state index contributed by atoms with van der Waals surface area (Å²) < 4.78 is 6.25. The molecule has 0 radical (unpaired) electrons. The second-order valence-corrected chi connectivity index (χ2v) is 42.4. The number of anilines is 6. The Bertz CT molecular complexity index is 3620. The molecule has 8 aliphatic carbocycles. The van der Waals surface area contributed by atoms with Crippen molar-refractivity contribution in [3.05, 3.63) is 215 Å². The molecular formula is C85H110N4Si2. The van der Waals surface area contributed by atoms with E-state index in [4.69, 9.17) is 0 Å². The quantitative estimate of drug-likeness (QED) is 0.113. The molecule has 0 N–H and O–H groups in total. The van der Waals surface area contributed by atoms with E-state index in [1.807, 2.05) is 0 Å². The standard InChI is InChI=1S/C43H56N2Si.C42H54N2Si/c1-30-26-31-27-38-36-25-24-35(44(32-18-12-9-13-19-32)33-20-14-10-15-21-33)28-39(36)43(5,6)40(38)29-37(31)41(30)46(7,8)45(42(2,3)4)34-22-16-11-17-23-34;1-41(2,3)44(33-21-15-10-16-22-33)45(6,7)40-26-23-30-27-37-35-25-24-34(28-38(35)42(4,5)39(37)29-36(30)40)43(31-17-11-8-12-18-31)32-19-13-9-14-20-32/h9-10,12-15,18-21,24-25,27-31,34,37,41H,11,16-17,22-23,26H2,1-8H3;8-9,11-14,17-20,24-25,27-30,33,36,40H,10,15-16,21-23,26H2,1-7H3. The highest BCUT2D eigenvalue weighted by atomic mass is 28.3. The van der Waals surface area contributed by atoms with Gasteiger partial charge in [0.15, 0.2) is 0 Å². The third kappa shape index (κ3) is 11.6. The molecular weight excluding hydrogens is 1130 g/mol.